The van der Waals surface area contributed by atoms with Gasteiger partial charge in [-0.25, -0.2) is 4.57 Å². The minimum atomic E-state index is -4.44. The first kappa shape index (κ1) is 28.4. The Labute approximate surface area is 201 Å². The number of halogens is 3. The quantitative estimate of drug-likeness (QED) is 0.239. The number of alkyl halides is 3. The third-order valence-electron chi connectivity index (χ3n) is 6.37. The minimum absolute atomic E-state index is 0.0292. The summed E-state index contributed by atoms with van der Waals surface area (Å²) in [6, 6.07) is 4.77. The molecule has 1 aromatic heterocycles. The highest BCUT2D eigenvalue weighted by Gasteiger charge is 2.37. The molecule has 0 radical (unpaired) electrons. The second kappa shape index (κ2) is 10.8. The van der Waals surface area contributed by atoms with Gasteiger partial charge in [-0.05, 0) is 70.0 Å². The molecule has 14 heteroatoms. The zero-order valence-electron chi connectivity index (χ0n) is 20.1. The molecule has 0 aliphatic rings. The summed E-state index contributed by atoms with van der Waals surface area (Å²) in [4.78, 5) is 36.5. The van der Waals surface area contributed by atoms with Gasteiger partial charge in [-0.3, -0.25) is 4.90 Å². The minimum Gasteiger partial charge on any atom is -0.432 e. The molecule has 0 amide bonds. The molecule has 35 heavy (non-hydrogen) atoms. The summed E-state index contributed by atoms with van der Waals surface area (Å²) in [5.74, 6) is -1.29. The summed E-state index contributed by atoms with van der Waals surface area (Å²) in [6.45, 7) is 8.77. The van der Waals surface area contributed by atoms with Crippen LogP contribution in [-0.4, -0.2) is 50.5 Å². The van der Waals surface area contributed by atoms with E-state index in [-0.39, 0.29) is 24.7 Å². The normalized spacial score (nSPS) is 12.8. The van der Waals surface area contributed by atoms with Crippen molar-refractivity contribution in [3.8, 4) is 0 Å². The Hall–Kier alpha value is -2.84. The van der Waals surface area contributed by atoms with Crippen molar-refractivity contribution in [1.82, 2.24) is 14.5 Å². The maximum absolute atomic E-state index is 12.9. The lowest BCUT2D eigenvalue weighted by molar-refractivity contribution is -0.403. The van der Waals surface area contributed by atoms with Crippen molar-refractivity contribution in [3.63, 3.8) is 0 Å². The van der Waals surface area contributed by atoms with E-state index in [4.69, 9.17) is 0 Å². The molecule has 0 aliphatic heterocycles. The number of nitrogens with zero attached hydrogens (tertiary/aromatic N) is 5. The van der Waals surface area contributed by atoms with E-state index < -0.39 is 41.7 Å². The van der Waals surface area contributed by atoms with Gasteiger partial charge < -0.3 is 25.0 Å². The van der Waals surface area contributed by atoms with Crippen molar-refractivity contribution in [2.24, 2.45) is 0 Å². The first-order chi connectivity index (χ1) is 16.0. The first-order valence-corrected chi connectivity index (χ1v) is 13.9. The molecule has 0 saturated heterocycles. The van der Waals surface area contributed by atoms with E-state index in [0.29, 0.717) is 24.9 Å². The van der Waals surface area contributed by atoms with Gasteiger partial charge in [-0.1, -0.05) is 26.0 Å². The Kier molecular flexibility index (Phi) is 8.78. The first-order valence-electron chi connectivity index (χ1n) is 11.0. The highest BCUT2D eigenvalue weighted by molar-refractivity contribution is 6.72. The molecule has 0 bridgehead atoms. The molecule has 0 atom stereocenters. The Morgan fingerprint density at radius 2 is 1.69 bits per heavy atom. The van der Waals surface area contributed by atoms with Gasteiger partial charge >= 0.3 is 17.9 Å². The highest BCUT2D eigenvalue weighted by Crippen LogP contribution is 2.39. The molecule has 0 saturated carbocycles. The maximum Gasteiger partial charge on any atom is 0.439 e. The molecular formula is C21H30F3N5O5Si. The lowest BCUT2D eigenvalue weighted by atomic mass is 10.1. The second-order valence-corrected chi connectivity index (χ2v) is 14.1. The van der Waals surface area contributed by atoms with E-state index in [0.717, 1.165) is 22.9 Å². The van der Waals surface area contributed by atoms with Gasteiger partial charge in [0.2, 0.25) is 0 Å². The molecule has 2 rings (SSSR count). The number of benzene rings is 1. The summed E-state index contributed by atoms with van der Waals surface area (Å²) in [5.41, 5.74) is -0.133. The van der Waals surface area contributed by atoms with E-state index in [1.807, 2.05) is 31.8 Å². The van der Waals surface area contributed by atoms with Crippen LogP contribution in [0.15, 0.2) is 30.5 Å². The van der Waals surface area contributed by atoms with E-state index in [1.54, 1.807) is 0 Å². The summed E-state index contributed by atoms with van der Waals surface area (Å²) in [6.07, 6.45) is -2.06. The van der Waals surface area contributed by atoms with Gasteiger partial charge in [0.25, 0.3) is 0 Å². The number of aromatic nitrogens is 2. The molecule has 0 fully saturated rings. The predicted molar refractivity (Wildman–Crippen MR) is 125 cm³/mol. The Bertz CT molecular complexity index is 1040. The molecule has 0 aliphatic carbocycles. The molecular weight excluding hydrogens is 487 g/mol. The second-order valence-electron chi connectivity index (χ2n) is 9.62. The van der Waals surface area contributed by atoms with E-state index in [2.05, 4.69) is 4.98 Å². The van der Waals surface area contributed by atoms with Gasteiger partial charge in [0, 0.05) is 13.1 Å². The largest absolute Gasteiger partial charge is 0.439 e. The molecule has 2 aromatic rings. The van der Waals surface area contributed by atoms with Crippen molar-refractivity contribution in [2.75, 3.05) is 13.1 Å². The molecule has 194 valence electrons. The molecule has 0 spiro atoms. The molecule has 1 heterocycles. The fraction of sp³-hybridized carbons (Fsp3) is 0.571. The number of hydrogen-bond donors (Lipinski definition) is 1. The zero-order valence-corrected chi connectivity index (χ0v) is 21.1. The third kappa shape index (κ3) is 7.83. The van der Waals surface area contributed by atoms with Gasteiger partial charge in [0.15, 0.2) is 14.5 Å². The van der Waals surface area contributed by atoms with E-state index in [1.165, 1.54) is 12.1 Å². The molecule has 1 N–H and O–H groups in total. The van der Waals surface area contributed by atoms with E-state index in [9.17, 15) is 38.2 Å². The van der Waals surface area contributed by atoms with Crippen LogP contribution in [0.25, 0.3) is 0 Å². The van der Waals surface area contributed by atoms with Gasteiger partial charge in [0.1, 0.15) is 0 Å². The van der Waals surface area contributed by atoms with Crippen LogP contribution < -0.4 is 0 Å². The number of nitro groups is 2. The highest BCUT2D eigenvalue weighted by atomic mass is 28.4. The van der Waals surface area contributed by atoms with Crippen LogP contribution in [-0.2, 0) is 19.3 Å². The lowest BCUT2D eigenvalue weighted by Crippen LogP contribution is -2.39. The summed E-state index contributed by atoms with van der Waals surface area (Å²) in [7, 11) is -2.43. The number of rotatable bonds is 12. The predicted octanol–water partition coefficient (Wildman–Crippen LogP) is 4.98. The van der Waals surface area contributed by atoms with Crippen LogP contribution in [0.4, 0.5) is 24.9 Å². The van der Waals surface area contributed by atoms with Crippen molar-refractivity contribution in [2.45, 2.75) is 64.1 Å². The van der Waals surface area contributed by atoms with Crippen molar-refractivity contribution < 1.29 is 27.8 Å². The fourth-order valence-electron chi connectivity index (χ4n) is 3.42. The van der Waals surface area contributed by atoms with Gasteiger partial charge in [-0.2, -0.15) is 13.2 Å². The number of imidazole rings is 1. The van der Waals surface area contributed by atoms with Crippen LogP contribution in [0.5, 0.6) is 0 Å². The summed E-state index contributed by atoms with van der Waals surface area (Å²) in [5, 5.41) is 22.0. The van der Waals surface area contributed by atoms with Crippen molar-refractivity contribution >= 4 is 20.1 Å². The maximum atomic E-state index is 12.9. The SMILES string of the molecule is CC(C)(CCCN(CCn1cc([N+](=O)[O-])nc1[N+](=O)[O-])Cc1ccc(C(F)(F)F)cc1)[Si](C)(C)O. The molecule has 10 nitrogen and oxygen atoms in total. The molecule has 0 unspecified atom stereocenters. The van der Waals surface area contributed by atoms with E-state index >= 15 is 0 Å². The van der Waals surface area contributed by atoms with Crippen LogP contribution >= 0.6 is 0 Å². The fourth-order valence-corrected chi connectivity index (χ4v) is 4.21. The smallest absolute Gasteiger partial charge is 0.432 e. The lowest BCUT2D eigenvalue weighted by Gasteiger charge is -2.35. The topological polar surface area (TPSA) is 128 Å². The Morgan fingerprint density at radius 3 is 2.17 bits per heavy atom. The van der Waals surface area contributed by atoms with Crippen LogP contribution in [0.3, 0.4) is 0 Å². The van der Waals surface area contributed by atoms with Crippen molar-refractivity contribution in [3.05, 3.63) is 61.8 Å². The average molecular weight is 518 g/mol. The third-order valence-corrected chi connectivity index (χ3v) is 9.93. The zero-order chi connectivity index (χ0) is 26.6. The van der Waals surface area contributed by atoms with Gasteiger partial charge in [0.05, 0.1) is 12.1 Å². The standard InChI is InChI=1S/C21H30F3N5O5Si/c1-20(2,35(3,4)34)10-5-11-26(14-16-6-8-17(9-7-16)21(22,23)24)12-13-27-15-18(28(30)31)25-19(27)29(32)33/h6-9,15,34H,5,10-14H2,1-4H3. The molecule has 1 aromatic carbocycles. The average Bonchev–Trinajstić information content (AvgIpc) is 3.15. The Balaban J connectivity index is 2.18. The van der Waals surface area contributed by atoms with Crippen molar-refractivity contribution in [1.29, 1.82) is 0 Å². The van der Waals surface area contributed by atoms with Gasteiger partial charge in [-0.15, -0.1) is 0 Å². The van der Waals surface area contributed by atoms with Crippen LogP contribution in [0, 0.1) is 20.2 Å². The number of hydrogen-bond acceptors (Lipinski definition) is 7. The summed E-state index contributed by atoms with van der Waals surface area (Å²) < 4.78 is 39.8. The van der Waals surface area contributed by atoms with Crippen LogP contribution in [0.2, 0.25) is 18.1 Å². The Morgan fingerprint density at radius 1 is 1.09 bits per heavy atom. The summed E-state index contributed by atoms with van der Waals surface area (Å²) >= 11 is 0. The monoisotopic (exact) mass is 517 g/mol. The van der Waals surface area contributed by atoms with Crippen LogP contribution in [0.1, 0.15) is 37.8 Å².